The number of hydrogen-bond acceptors (Lipinski definition) is 2. The van der Waals surface area contributed by atoms with E-state index >= 15 is 0 Å². The number of benzene rings is 2. The second-order valence-electron chi connectivity index (χ2n) is 3.81. The Hall–Kier alpha value is -2.14. The smallest absolute Gasteiger partial charge is 0.255 e. The van der Waals surface area contributed by atoms with Crippen LogP contribution >= 0.6 is 11.6 Å². The molecule has 0 saturated heterocycles. The van der Waals surface area contributed by atoms with Gasteiger partial charge in [-0.3, -0.25) is 4.79 Å². The topological polar surface area (TPSA) is 55.1 Å². The molecule has 0 saturated carbocycles. The summed E-state index contributed by atoms with van der Waals surface area (Å²) in [5.41, 5.74) is 5.31. The molecular formula is C13H9ClF2N2O. The van der Waals surface area contributed by atoms with Crippen LogP contribution in [-0.2, 0) is 0 Å². The van der Waals surface area contributed by atoms with Gasteiger partial charge in [0.05, 0.1) is 5.69 Å². The maximum absolute atomic E-state index is 13.5. The van der Waals surface area contributed by atoms with E-state index in [9.17, 15) is 13.6 Å². The predicted molar refractivity (Wildman–Crippen MR) is 70.2 cm³/mol. The third-order valence-electron chi connectivity index (χ3n) is 2.43. The van der Waals surface area contributed by atoms with Crippen molar-refractivity contribution in [1.82, 2.24) is 0 Å². The number of amides is 1. The molecule has 1 amide bonds. The summed E-state index contributed by atoms with van der Waals surface area (Å²) in [6, 6.07) is 7.60. The molecule has 0 aromatic heterocycles. The fraction of sp³-hybridized carbons (Fsp3) is 0. The summed E-state index contributed by atoms with van der Waals surface area (Å²) in [6.45, 7) is 0. The van der Waals surface area contributed by atoms with Crippen LogP contribution in [0.25, 0.3) is 0 Å². The van der Waals surface area contributed by atoms with E-state index in [-0.39, 0.29) is 16.9 Å². The largest absolute Gasteiger partial charge is 0.397 e. The van der Waals surface area contributed by atoms with Crippen LogP contribution in [-0.4, -0.2) is 5.91 Å². The van der Waals surface area contributed by atoms with E-state index in [1.807, 2.05) is 0 Å². The van der Waals surface area contributed by atoms with Gasteiger partial charge in [0.1, 0.15) is 11.5 Å². The Kier molecular flexibility index (Phi) is 3.66. The molecule has 3 N–H and O–H groups in total. The van der Waals surface area contributed by atoms with Crippen LogP contribution in [0.15, 0.2) is 36.4 Å². The number of carbonyl (C=O) groups excluding carboxylic acids is 1. The fourth-order valence-corrected chi connectivity index (χ4v) is 1.64. The molecule has 0 bridgehead atoms. The first-order valence-electron chi connectivity index (χ1n) is 5.29. The summed E-state index contributed by atoms with van der Waals surface area (Å²) in [5.74, 6) is -2.30. The lowest BCUT2D eigenvalue weighted by atomic mass is 10.2. The van der Waals surface area contributed by atoms with Crippen molar-refractivity contribution >= 4 is 28.9 Å². The van der Waals surface area contributed by atoms with Crippen LogP contribution in [0.2, 0.25) is 5.02 Å². The predicted octanol–water partition coefficient (Wildman–Crippen LogP) is 3.45. The van der Waals surface area contributed by atoms with E-state index in [4.69, 9.17) is 17.3 Å². The highest BCUT2D eigenvalue weighted by Gasteiger charge is 2.13. The highest BCUT2D eigenvalue weighted by molar-refractivity contribution is 6.30. The first kappa shape index (κ1) is 13.3. The van der Waals surface area contributed by atoms with Gasteiger partial charge in [-0.15, -0.1) is 0 Å². The highest BCUT2D eigenvalue weighted by atomic mass is 35.5. The van der Waals surface area contributed by atoms with Crippen molar-refractivity contribution < 1.29 is 13.6 Å². The summed E-state index contributed by atoms with van der Waals surface area (Å²) < 4.78 is 26.4. The number of nitrogens with two attached hydrogens (primary N) is 1. The molecule has 0 aliphatic rings. The zero-order valence-corrected chi connectivity index (χ0v) is 10.3. The van der Waals surface area contributed by atoms with Crippen LogP contribution in [0.5, 0.6) is 0 Å². The average molecular weight is 283 g/mol. The van der Waals surface area contributed by atoms with Crippen LogP contribution in [0, 0.1) is 11.6 Å². The van der Waals surface area contributed by atoms with Crippen molar-refractivity contribution in [2.75, 3.05) is 11.1 Å². The van der Waals surface area contributed by atoms with Gasteiger partial charge >= 0.3 is 0 Å². The molecule has 0 aliphatic heterocycles. The number of anilines is 2. The Bertz CT molecular complexity index is 606. The minimum absolute atomic E-state index is 0.181. The third kappa shape index (κ3) is 3.00. The van der Waals surface area contributed by atoms with Crippen LogP contribution < -0.4 is 11.1 Å². The van der Waals surface area contributed by atoms with Gasteiger partial charge in [-0.1, -0.05) is 11.6 Å². The Morgan fingerprint density at radius 3 is 2.37 bits per heavy atom. The van der Waals surface area contributed by atoms with E-state index in [0.29, 0.717) is 11.1 Å². The first-order chi connectivity index (χ1) is 8.97. The number of rotatable bonds is 2. The van der Waals surface area contributed by atoms with Crippen LogP contribution in [0.1, 0.15) is 10.4 Å². The lowest BCUT2D eigenvalue weighted by molar-refractivity contribution is 0.102. The van der Waals surface area contributed by atoms with Gasteiger partial charge in [0.25, 0.3) is 5.91 Å². The molecule has 2 rings (SSSR count). The van der Waals surface area contributed by atoms with Gasteiger partial charge in [0.2, 0.25) is 0 Å². The molecule has 0 aliphatic carbocycles. The molecule has 0 heterocycles. The number of nitrogens with one attached hydrogen (secondary N) is 1. The maximum Gasteiger partial charge on any atom is 0.255 e. The van der Waals surface area contributed by atoms with Gasteiger partial charge in [0.15, 0.2) is 5.82 Å². The average Bonchev–Trinajstić information content (AvgIpc) is 2.34. The molecule has 6 heteroatoms. The van der Waals surface area contributed by atoms with Gasteiger partial charge in [-0.05, 0) is 30.3 Å². The van der Waals surface area contributed by atoms with E-state index in [2.05, 4.69) is 5.32 Å². The first-order valence-corrected chi connectivity index (χ1v) is 5.66. The summed E-state index contributed by atoms with van der Waals surface area (Å²) in [6.07, 6.45) is 0. The Morgan fingerprint density at radius 2 is 1.79 bits per heavy atom. The highest BCUT2D eigenvalue weighted by Crippen LogP contribution is 2.24. The van der Waals surface area contributed by atoms with Crippen molar-refractivity contribution in [1.29, 1.82) is 0 Å². The zero-order chi connectivity index (χ0) is 14.0. The molecule has 0 atom stereocenters. The third-order valence-corrected chi connectivity index (χ3v) is 2.68. The second kappa shape index (κ2) is 5.24. The standard InChI is InChI=1S/C13H9ClF2N2O/c14-8-3-1-7(2-4-8)13(19)18-12-10(16)5-9(15)6-11(12)17/h1-6H,17H2,(H,18,19). The zero-order valence-electron chi connectivity index (χ0n) is 9.58. The van der Waals surface area contributed by atoms with E-state index in [0.717, 1.165) is 6.07 Å². The van der Waals surface area contributed by atoms with Crippen molar-refractivity contribution in [3.63, 3.8) is 0 Å². The summed E-state index contributed by atoms with van der Waals surface area (Å²) >= 11 is 5.69. The number of halogens is 3. The minimum atomic E-state index is -0.931. The monoisotopic (exact) mass is 282 g/mol. The van der Waals surface area contributed by atoms with E-state index in [1.54, 1.807) is 0 Å². The van der Waals surface area contributed by atoms with Gasteiger partial charge in [-0.25, -0.2) is 8.78 Å². The number of hydrogen-bond donors (Lipinski definition) is 2. The van der Waals surface area contributed by atoms with Crippen LogP contribution in [0.4, 0.5) is 20.2 Å². The minimum Gasteiger partial charge on any atom is -0.397 e. The number of nitrogen functional groups attached to an aromatic ring is 1. The molecule has 0 unspecified atom stereocenters. The lowest BCUT2D eigenvalue weighted by Crippen LogP contribution is -2.14. The SMILES string of the molecule is Nc1cc(F)cc(F)c1NC(=O)c1ccc(Cl)cc1. The van der Waals surface area contributed by atoms with Crippen molar-refractivity contribution in [2.45, 2.75) is 0 Å². The number of carbonyl (C=O) groups is 1. The maximum atomic E-state index is 13.5. The summed E-state index contributed by atoms with van der Waals surface area (Å²) in [7, 11) is 0. The summed E-state index contributed by atoms with van der Waals surface area (Å²) in [5, 5.41) is 2.77. The van der Waals surface area contributed by atoms with Gasteiger partial charge in [-0.2, -0.15) is 0 Å². The van der Waals surface area contributed by atoms with Crippen LogP contribution in [0.3, 0.4) is 0 Å². The van der Waals surface area contributed by atoms with E-state index < -0.39 is 17.5 Å². The van der Waals surface area contributed by atoms with Crippen molar-refractivity contribution in [2.24, 2.45) is 0 Å². The summed E-state index contributed by atoms with van der Waals surface area (Å²) in [4.78, 5) is 11.8. The molecular weight excluding hydrogens is 274 g/mol. The van der Waals surface area contributed by atoms with Gasteiger partial charge in [0, 0.05) is 16.7 Å². The quantitative estimate of drug-likeness (QED) is 0.829. The van der Waals surface area contributed by atoms with Crippen molar-refractivity contribution in [3.8, 4) is 0 Å². The molecule has 2 aromatic carbocycles. The van der Waals surface area contributed by atoms with Crippen molar-refractivity contribution in [3.05, 3.63) is 58.6 Å². The molecule has 19 heavy (non-hydrogen) atoms. The Balaban J connectivity index is 2.26. The normalized spacial score (nSPS) is 10.3. The molecule has 98 valence electrons. The Morgan fingerprint density at radius 1 is 1.16 bits per heavy atom. The lowest BCUT2D eigenvalue weighted by Gasteiger charge is -2.09. The molecule has 2 aromatic rings. The molecule has 0 spiro atoms. The second-order valence-corrected chi connectivity index (χ2v) is 4.25. The van der Waals surface area contributed by atoms with Gasteiger partial charge < -0.3 is 11.1 Å². The molecule has 3 nitrogen and oxygen atoms in total. The Labute approximate surface area is 113 Å². The molecule has 0 fully saturated rings. The molecule has 0 radical (unpaired) electrons. The van der Waals surface area contributed by atoms with E-state index in [1.165, 1.54) is 24.3 Å². The fourth-order valence-electron chi connectivity index (χ4n) is 1.51.